The van der Waals surface area contributed by atoms with Gasteiger partial charge >= 0.3 is 6.18 Å². The SMILES string of the molecule is [O-][N+](=S)c1cccc(C(F)(F)F)c1. The average Bonchev–Trinajstić information content (AvgIpc) is 2.03. The first-order valence-electron chi connectivity index (χ1n) is 3.23. The molecule has 0 bridgehead atoms. The third-order valence-electron chi connectivity index (χ3n) is 1.38. The van der Waals surface area contributed by atoms with Crippen LogP contribution in [-0.4, -0.2) is 4.11 Å². The number of rotatable bonds is 1. The molecule has 1 aromatic rings. The van der Waals surface area contributed by atoms with Gasteiger partial charge in [0.05, 0.1) is 5.56 Å². The van der Waals surface area contributed by atoms with E-state index in [1.807, 2.05) is 0 Å². The standard InChI is InChI=1S/C7H4F3NOS/c8-7(9,10)5-2-1-3-6(4-5)11(12)13/h1-4H. The molecule has 0 unspecified atom stereocenters. The van der Waals surface area contributed by atoms with Crippen LogP contribution < -0.4 is 0 Å². The van der Waals surface area contributed by atoms with Gasteiger partial charge < -0.3 is 5.21 Å². The third kappa shape index (κ3) is 2.38. The molecule has 0 spiro atoms. The Balaban J connectivity index is 3.13. The molecule has 70 valence electrons. The minimum Gasteiger partial charge on any atom is -0.605 e. The quantitative estimate of drug-likeness (QED) is 0.522. The van der Waals surface area contributed by atoms with Gasteiger partial charge in [-0.2, -0.15) is 13.2 Å². The van der Waals surface area contributed by atoms with Crippen LogP contribution in [0.3, 0.4) is 0 Å². The van der Waals surface area contributed by atoms with E-state index in [0.717, 1.165) is 12.1 Å². The summed E-state index contributed by atoms with van der Waals surface area (Å²) in [6.07, 6.45) is -4.44. The fourth-order valence-electron chi connectivity index (χ4n) is 0.796. The van der Waals surface area contributed by atoms with Crippen molar-refractivity contribution in [1.82, 2.24) is 0 Å². The Kier molecular flexibility index (Phi) is 2.51. The molecule has 1 rings (SSSR count). The molecule has 0 heterocycles. The van der Waals surface area contributed by atoms with Gasteiger partial charge in [-0.25, -0.2) is 0 Å². The molecule has 0 aliphatic carbocycles. The fraction of sp³-hybridized carbons (Fsp3) is 0.143. The lowest BCUT2D eigenvalue weighted by molar-refractivity contribution is -0.325. The number of nitrogens with zero attached hydrogens (tertiary/aromatic N) is 1. The summed E-state index contributed by atoms with van der Waals surface area (Å²) in [6.45, 7) is 0. The molecule has 0 aliphatic heterocycles. The molecule has 0 amide bonds. The Hall–Kier alpha value is -1.17. The monoisotopic (exact) mass is 207 g/mol. The van der Waals surface area contributed by atoms with Crippen molar-refractivity contribution in [2.24, 2.45) is 0 Å². The van der Waals surface area contributed by atoms with E-state index in [1.54, 1.807) is 0 Å². The first kappa shape index (κ1) is 9.91. The van der Waals surface area contributed by atoms with E-state index in [4.69, 9.17) is 0 Å². The molecule has 0 aliphatic rings. The minimum atomic E-state index is -4.44. The van der Waals surface area contributed by atoms with Crippen LogP contribution in [-0.2, 0) is 18.6 Å². The Morgan fingerprint density at radius 1 is 1.31 bits per heavy atom. The lowest BCUT2D eigenvalue weighted by Crippen LogP contribution is -2.04. The van der Waals surface area contributed by atoms with Crippen molar-refractivity contribution in [3.8, 4) is 0 Å². The summed E-state index contributed by atoms with van der Waals surface area (Å²) >= 11 is 4.14. The molecule has 0 saturated carbocycles. The van der Waals surface area contributed by atoms with Crippen LogP contribution in [0.2, 0.25) is 0 Å². The summed E-state index contributed by atoms with van der Waals surface area (Å²) in [7, 11) is 0. The van der Waals surface area contributed by atoms with E-state index >= 15 is 0 Å². The van der Waals surface area contributed by atoms with Crippen LogP contribution in [0.25, 0.3) is 0 Å². The molecular formula is C7H4F3NOS. The highest BCUT2D eigenvalue weighted by atomic mass is 32.1. The van der Waals surface area contributed by atoms with Crippen LogP contribution in [0, 0.1) is 5.21 Å². The van der Waals surface area contributed by atoms with Crippen LogP contribution in [0.5, 0.6) is 0 Å². The zero-order valence-corrected chi connectivity index (χ0v) is 7.02. The second-order valence-corrected chi connectivity index (χ2v) is 2.64. The van der Waals surface area contributed by atoms with Crippen LogP contribution >= 0.6 is 0 Å². The molecule has 0 fully saturated rings. The second-order valence-electron chi connectivity index (χ2n) is 2.31. The number of benzene rings is 1. The maximum Gasteiger partial charge on any atom is 0.416 e. The number of hydrogen-bond acceptors (Lipinski definition) is 2. The number of halogens is 3. The molecule has 1 aromatic carbocycles. The van der Waals surface area contributed by atoms with Crippen molar-refractivity contribution < 1.29 is 17.3 Å². The Morgan fingerprint density at radius 3 is 2.38 bits per heavy atom. The summed E-state index contributed by atoms with van der Waals surface area (Å²) in [5.74, 6) is 0. The fourth-order valence-corrected chi connectivity index (χ4v) is 0.909. The average molecular weight is 207 g/mol. The summed E-state index contributed by atoms with van der Waals surface area (Å²) < 4.78 is 36.2. The zero-order chi connectivity index (χ0) is 10.1. The predicted octanol–water partition coefficient (Wildman–Crippen LogP) is 2.58. The first-order chi connectivity index (χ1) is 5.91. The van der Waals surface area contributed by atoms with E-state index in [0.29, 0.717) is 6.07 Å². The molecule has 6 heteroatoms. The van der Waals surface area contributed by atoms with Crippen LogP contribution in [0.4, 0.5) is 18.9 Å². The van der Waals surface area contributed by atoms with Crippen LogP contribution in [0.1, 0.15) is 5.56 Å². The molecule has 0 radical (unpaired) electrons. The second kappa shape index (κ2) is 3.29. The van der Waals surface area contributed by atoms with E-state index in [2.05, 4.69) is 12.4 Å². The predicted molar refractivity (Wildman–Crippen MR) is 42.1 cm³/mol. The highest BCUT2D eigenvalue weighted by Crippen LogP contribution is 2.30. The van der Waals surface area contributed by atoms with Gasteiger partial charge in [-0.1, -0.05) is 10.2 Å². The number of alkyl halides is 3. The Labute approximate surface area is 77.3 Å². The highest BCUT2D eigenvalue weighted by Gasteiger charge is 2.31. The van der Waals surface area contributed by atoms with Crippen molar-refractivity contribution in [1.29, 1.82) is 0 Å². The van der Waals surface area contributed by atoms with Crippen molar-refractivity contribution in [2.75, 3.05) is 0 Å². The summed E-state index contributed by atoms with van der Waals surface area (Å²) in [6, 6.07) is 3.94. The van der Waals surface area contributed by atoms with Gasteiger partial charge in [0, 0.05) is 12.1 Å². The normalized spacial score (nSPS) is 11.3. The van der Waals surface area contributed by atoms with E-state index in [-0.39, 0.29) is 9.80 Å². The highest BCUT2D eigenvalue weighted by molar-refractivity contribution is 7.44. The minimum absolute atomic E-state index is 0.0325. The van der Waals surface area contributed by atoms with E-state index in [1.165, 1.54) is 6.07 Å². The first-order valence-corrected chi connectivity index (χ1v) is 3.59. The van der Waals surface area contributed by atoms with E-state index in [9.17, 15) is 18.4 Å². The smallest absolute Gasteiger partial charge is 0.416 e. The number of hydrogen-bond donors (Lipinski definition) is 0. The lowest BCUT2D eigenvalue weighted by Gasteiger charge is -2.05. The summed E-state index contributed by atoms with van der Waals surface area (Å²) in [5.41, 5.74) is -1.07. The lowest BCUT2D eigenvalue weighted by atomic mass is 10.2. The Morgan fingerprint density at radius 2 is 1.92 bits per heavy atom. The maximum absolute atomic E-state index is 12.1. The summed E-state index contributed by atoms with van der Waals surface area (Å²) in [5, 5.41) is 10.5. The summed E-state index contributed by atoms with van der Waals surface area (Å²) in [4.78, 5) is 0. The zero-order valence-electron chi connectivity index (χ0n) is 6.21. The van der Waals surface area contributed by atoms with Gasteiger partial charge in [-0.05, 0) is 6.07 Å². The van der Waals surface area contributed by atoms with Crippen molar-refractivity contribution >= 4 is 18.1 Å². The molecule has 13 heavy (non-hydrogen) atoms. The van der Waals surface area contributed by atoms with Crippen LogP contribution in [0.15, 0.2) is 24.3 Å². The van der Waals surface area contributed by atoms with Gasteiger partial charge in [0.25, 0.3) is 12.4 Å². The van der Waals surface area contributed by atoms with Gasteiger partial charge in [-0.3, -0.25) is 0 Å². The van der Waals surface area contributed by atoms with E-state index < -0.39 is 11.7 Å². The van der Waals surface area contributed by atoms with Gasteiger partial charge in [0.2, 0.25) is 5.69 Å². The van der Waals surface area contributed by atoms with Crippen molar-refractivity contribution in [2.45, 2.75) is 6.18 Å². The Bertz CT molecular complexity index is 337. The molecular weight excluding hydrogens is 203 g/mol. The molecule has 0 aromatic heterocycles. The topological polar surface area (TPSA) is 26.1 Å². The van der Waals surface area contributed by atoms with Crippen molar-refractivity contribution in [3.63, 3.8) is 0 Å². The molecule has 2 nitrogen and oxygen atoms in total. The largest absolute Gasteiger partial charge is 0.605 e. The third-order valence-corrected chi connectivity index (χ3v) is 1.60. The molecule has 0 atom stereocenters. The van der Waals surface area contributed by atoms with Gasteiger partial charge in [-0.15, -0.1) is 0 Å². The van der Waals surface area contributed by atoms with Gasteiger partial charge in [0.1, 0.15) is 0 Å². The molecule has 0 N–H and O–H groups in total. The van der Waals surface area contributed by atoms with Crippen molar-refractivity contribution in [3.05, 3.63) is 35.0 Å². The maximum atomic E-state index is 12.1. The van der Waals surface area contributed by atoms with Gasteiger partial charge in [0.15, 0.2) is 0 Å². The molecule has 0 saturated heterocycles.